The molecule has 1 aromatic carbocycles. The van der Waals surface area contributed by atoms with Crippen molar-refractivity contribution in [1.82, 2.24) is 10.2 Å². The van der Waals surface area contributed by atoms with Gasteiger partial charge < -0.3 is 20.1 Å². The van der Waals surface area contributed by atoms with Crippen molar-refractivity contribution in [3.05, 3.63) is 29.8 Å². The number of carbonyl (C=O) groups is 2. The molecular weight excluding hydrogens is 272 g/mol. The summed E-state index contributed by atoms with van der Waals surface area (Å²) in [5.41, 5.74) is 0.963. The summed E-state index contributed by atoms with van der Waals surface area (Å²) in [6, 6.07) is 7.14. The topological polar surface area (TPSA) is 78.9 Å². The number of urea groups is 1. The number of aliphatic carboxylic acids is 1. The fraction of sp³-hybridized carbons (Fsp3) is 0.467. The Balaban J connectivity index is 2.73. The molecule has 1 atom stereocenters. The maximum atomic E-state index is 12.1. The number of hydrogen-bond donors (Lipinski definition) is 2. The number of nitrogens with one attached hydrogen (secondary N) is 1. The number of benzene rings is 1. The maximum Gasteiger partial charge on any atom is 0.317 e. The molecular formula is C15H22N2O4. The van der Waals surface area contributed by atoms with Crippen LogP contribution in [0.4, 0.5) is 4.79 Å². The summed E-state index contributed by atoms with van der Waals surface area (Å²) < 4.78 is 5.19. The molecule has 0 spiro atoms. The Hall–Kier alpha value is -2.24. The predicted molar refractivity (Wildman–Crippen MR) is 79.4 cm³/mol. The molecule has 0 aliphatic rings. The summed E-state index contributed by atoms with van der Waals surface area (Å²) >= 11 is 0. The van der Waals surface area contributed by atoms with Crippen LogP contribution in [-0.4, -0.2) is 42.2 Å². The number of hydrogen-bond acceptors (Lipinski definition) is 3. The predicted octanol–water partition coefficient (Wildman–Crippen LogP) is 2.26. The van der Waals surface area contributed by atoms with Crippen molar-refractivity contribution in [2.24, 2.45) is 0 Å². The van der Waals surface area contributed by atoms with E-state index >= 15 is 0 Å². The Morgan fingerprint density at radius 1 is 1.43 bits per heavy atom. The van der Waals surface area contributed by atoms with E-state index in [1.165, 1.54) is 0 Å². The monoisotopic (exact) mass is 294 g/mol. The van der Waals surface area contributed by atoms with Gasteiger partial charge in [-0.05, 0) is 31.5 Å². The second-order valence-electron chi connectivity index (χ2n) is 4.61. The van der Waals surface area contributed by atoms with E-state index in [2.05, 4.69) is 5.32 Å². The normalized spacial score (nSPS) is 11.6. The third-order valence-corrected chi connectivity index (χ3v) is 3.26. The highest BCUT2D eigenvalue weighted by atomic mass is 16.5. The Morgan fingerprint density at radius 2 is 2.14 bits per heavy atom. The van der Waals surface area contributed by atoms with Crippen LogP contribution in [0.15, 0.2) is 24.3 Å². The van der Waals surface area contributed by atoms with Gasteiger partial charge in [0.15, 0.2) is 0 Å². The molecule has 0 saturated carbocycles. The molecule has 1 unspecified atom stereocenters. The highest BCUT2D eigenvalue weighted by Crippen LogP contribution is 2.23. The van der Waals surface area contributed by atoms with Gasteiger partial charge in [0.1, 0.15) is 5.75 Å². The van der Waals surface area contributed by atoms with E-state index in [1.54, 1.807) is 12.0 Å². The van der Waals surface area contributed by atoms with Crippen LogP contribution in [0.1, 0.15) is 31.9 Å². The Bertz CT molecular complexity index is 490. The molecule has 0 aromatic heterocycles. The van der Waals surface area contributed by atoms with E-state index in [0.717, 1.165) is 11.3 Å². The van der Waals surface area contributed by atoms with Crippen LogP contribution in [-0.2, 0) is 4.79 Å². The highest BCUT2D eigenvalue weighted by Gasteiger charge is 2.20. The van der Waals surface area contributed by atoms with Gasteiger partial charge in [-0.3, -0.25) is 4.79 Å². The van der Waals surface area contributed by atoms with Crippen LogP contribution in [0.2, 0.25) is 0 Å². The van der Waals surface area contributed by atoms with Crippen LogP contribution in [0, 0.1) is 0 Å². The molecule has 0 fully saturated rings. The summed E-state index contributed by atoms with van der Waals surface area (Å²) in [6.07, 6.45) is -0.0865. The Kier molecular flexibility index (Phi) is 6.52. The summed E-state index contributed by atoms with van der Waals surface area (Å²) in [6.45, 7) is 4.45. The third kappa shape index (κ3) is 4.98. The van der Waals surface area contributed by atoms with Crippen molar-refractivity contribution >= 4 is 12.0 Å². The molecule has 1 rings (SSSR count). The molecule has 6 nitrogen and oxygen atoms in total. The van der Waals surface area contributed by atoms with Crippen molar-refractivity contribution < 1.29 is 19.4 Å². The van der Waals surface area contributed by atoms with Crippen molar-refractivity contribution in [3.63, 3.8) is 0 Å². The van der Waals surface area contributed by atoms with E-state index < -0.39 is 5.97 Å². The number of carboxylic acids is 1. The number of carbonyl (C=O) groups excluding carboxylic acids is 1. The van der Waals surface area contributed by atoms with Crippen molar-refractivity contribution in [2.45, 2.75) is 26.3 Å². The number of ether oxygens (including phenoxy) is 1. The maximum absolute atomic E-state index is 12.1. The van der Waals surface area contributed by atoms with Crippen LogP contribution in [0.25, 0.3) is 0 Å². The molecule has 0 heterocycles. The minimum atomic E-state index is -0.931. The first-order valence-corrected chi connectivity index (χ1v) is 6.89. The average molecular weight is 294 g/mol. The number of methoxy groups -OCH3 is 1. The lowest BCUT2D eigenvalue weighted by Crippen LogP contribution is -2.42. The van der Waals surface area contributed by atoms with E-state index in [9.17, 15) is 9.59 Å². The summed E-state index contributed by atoms with van der Waals surface area (Å²) in [4.78, 5) is 24.2. The summed E-state index contributed by atoms with van der Waals surface area (Å²) in [5.74, 6) is -0.194. The molecule has 0 aliphatic heterocycles. The van der Waals surface area contributed by atoms with Gasteiger partial charge in [0, 0.05) is 13.1 Å². The average Bonchev–Trinajstić information content (AvgIpc) is 2.47. The lowest BCUT2D eigenvalue weighted by atomic mass is 10.1. The van der Waals surface area contributed by atoms with Gasteiger partial charge in [0.25, 0.3) is 0 Å². The highest BCUT2D eigenvalue weighted by molar-refractivity contribution is 5.75. The number of carboxylic acid groups (broad SMARTS) is 1. The van der Waals surface area contributed by atoms with Crippen LogP contribution >= 0.6 is 0 Å². The van der Waals surface area contributed by atoms with Gasteiger partial charge in [0.2, 0.25) is 0 Å². The minimum Gasteiger partial charge on any atom is -0.497 e. The Morgan fingerprint density at radius 3 is 2.71 bits per heavy atom. The molecule has 116 valence electrons. The van der Waals surface area contributed by atoms with E-state index in [4.69, 9.17) is 9.84 Å². The molecule has 0 aliphatic carbocycles. The lowest BCUT2D eigenvalue weighted by Gasteiger charge is -2.28. The van der Waals surface area contributed by atoms with Gasteiger partial charge in [-0.1, -0.05) is 12.1 Å². The number of nitrogens with zero attached hydrogens (tertiary/aromatic N) is 1. The zero-order valence-corrected chi connectivity index (χ0v) is 12.6. The molecule has 1 aromatic rings. The van der Waals surface area contributed by atoms with Crippen LogP contribution in [0.5, 0.6) is 5.75 Å². The number of amides is 2. The zero-order chi connectivity index (χ0) is 15.8. The second kappa shape index (κ2) is 8.14. The lowest BCUT2D eigenvalue weighted by molar-refractivity contribution is -0.136. The van der Waals surface area contributed by atoms with Gasteiger partial charge in [0.05, 0.1) is 19.6 Å². The fourth-order valence-corrected chi connectivity index (χ4v) is 2.05. The molecule has 0 radical (unpaired) electrons. The van der Waals surface area contributed by atoms with Gasteiger partial charge in [-0.2, -0.15) is 0 Å². The molecule has 0 bridgehead atoms. The molecule has 21 heavy (non-hydrogen) atoms. The molecule has 2 amide bonds. The fourth-order valence-electron chi connectivity index (χ4n) is 2.05. The van der Waals surface area contributed by atoms with Gasteiger partial charge in [-0.15, -0.1) is 0 Å². The number of rotatable bonds is 7. The first kappa shape index (κ1) is 16.8. The Labute approximate surface area is 124 Å². The summed E-state index contributed by atoms with van der Waals surface area (Å²) in [7, 11) is 1.60. The smallest absolute Gasteiger partial charge is 0.317 e. The standard InChI is InChI=1S/C15H22N2O4/c1-4-17(15(20)16-9-8-14(18)19)11(2)12-6-5-7-13(10-12)21-3/h5-7,10-11H,4,8-9H2,1-3H3,(H,16,20)(H,18,19). The largest absolute Gasteiger partial charge is 0.497 e. The van der Waals surface area contributed by atoms with Gasteiger partial charge >= 0.3 is 12.0 Å². The van der Waals surface area contributed by atoms with Gasteiger partial charge in [-0.25, -0.2) is 4.79 Å². The minimum absolute atomic E-state index is 0.0865. The molecule has 2 N–H and O–H groups in total. The van der Waals surface area contributed by atoms with Crippen molar-refractivity contribution in [2.75, 3.05) is 20.2 Å². The van der Waals surface area contributed by atoms with Crippen LogP contribution < -0.4 is 10.1 Å². The molecule has 6 heteroatoms. The first-order valence-electron chi connectivity index (χ1n) is 6.89. The SMILES string of the molecule is CCN(C(=O)NCCC(=O)O)C(C)c1cccc(OC)c1. The van der Waals surface area contributed by atoms with Crippen molar-refractivity contribution in [1.29, 1.82) is 0 Å². The zero-order valence-electron chi connectivity index (χ0n) is 12.6. The quantitative estimate of drug-likeness (QED) is 0.808. The van der Waals surface area contributed by atoms with E-state index in [1.807, 2.05) is 38.1 Å². The van der Waals surface area contributed by atoms with Crippen LogP contribution in [0.3, 0.4) is 0 Å². The molecule has 0 saturated heterocycles. The van der Waals surface area contributed by atoms with E-state index in [-0.39, 0.29) is 25.0 Å². The first-order chi connectivity index (χ1) is 9.99. The van der Waals surface area contributed by atoms with E-state index in [0.29, 0.717) is 6.54 Å². The third-order valence-electron chi connectivity index (χ3n) is 3.26. The second-order valence-corrected chi connectivity index (χ2v) is 4.61. The van der Waals surface area contributed by atoms with Crippen molar-refractivity contribution in [3.8, 4) is 5.75 Å². The summed E-state index contributed by atoms with van der Waals surface area (Å²) in [5, 5.41) is 11.2.